The average molecular weight is 183 g/mol. The first-order valence-electron chi connectivity index (χ1n) is 3.61. The normalized spacial score (nSPS) is 12.4. The smallest absolute Gasteiger partial charge is 0.320 e. The van der Waals surface area contributed by atoms with Gasteiger partial charge in [-0.05, 0) is 0 Å². The predicted octanol–water partition coefficient (Wildman–Crippen LogP) is -0.823. The Morgan fingerprint density at radius 3 is 3.00 bits per heavy atom. The summed E-state index contributed by atoms with van der Waals surface area (Å²) in [4.78, 5) is 26.9. The number of hydrogen-bond acceptors (Lipinski definition) is 4. The summed E-state index contributed by atoms with van der Waals surface area (Å²) in [5.74, 6) is -0.908. The molecule has 1 rings (SSSR count). The number of rotatable bonds is 4. The Labute approximate surface area is 73.8 Å². The van der Waals surface area contributed by atoms with E-state index in [9.17, 15) is 9.59 Å². The van der Waals surface area contributed by atoms with Gasteiger partial charge in [-0.1, -0.05) is 0 Å². The van der Waals surface area contributed by atoms with E-state index in [1.165, 1.54) is 6.20 Å². The average Bonchev–Trinajstić information content (AvgIpc) is 2.52. The van der Waals surface area contributed by atoms with E-state index in [-0.39, 0.29) is 12.2 Å². The van der Waals surface area contributed by atoms with Crippen molar-refractivity contribution in [3.63, 3.8) is 0 Å². The minimum absolute atomic E-state index is 0.135. The summed E-state index contributed by atoms with van der Waals surface area (Å²) in [5, 5.41) is 8.48. The summed E-state index contributed by atoms with van der Waals surface area (Å²) < 4.78 is 0. The van der Waals surface area contributed by atoms with Gasteiger partial charge in [0.05, 0.1) is 0 Å². The highest BCUT2D eigenvalue weighted by Crippen LogP contribution is 1.98. The molecule has 1 heterocycles. The molecule has 70 valence electrons. The highest BCUT2D eigenvalue weighted by molar-refractivity contribution is 5.73. The van der Waals surface area contributed by atoms with E-state index in [0.29, 0.717) is 12.0 Å². The van der Waals surface area contributed by atoms with Crippen molar-refractivity contribution in [2.45, 2.75) is 12.5 Å². The fourth-order valence-electron chi connectivity index (χ4n) is 0.864. The third-order valence-electron chi connectivity index (χ3n) is 1.52. The summed E-state index contributed by atoms with van der Waals surface area (Å²) in [6.07, 6.45) is 2.08. The minimum Gasteiger partial charge on any atom is -0.480 e. The number of nitrogens with two attached hydrogens (primary N) is 1. The number of carboxylic acid groups (broad SMARTS) is 1. The van der Waals surface area contributed by atoms with Gasteiger partial charge in [0.15, 0.2) is 12.1 Å². The molecule has 0 aliphatic carbocycles. The summed E-state index contributed by atoms with van der Waals surface area (Å²) >= 11 is 0. The molecule has 0 aliphatic heterocycles. The molecule has 0 unspecified atom stereocenters. The van der Waals surface area contributed by atoms with Gasteiger partial charge in [0, 0.05) is 18.3 Å². The number of nitrogens with one attached hydrogen (secondary N) is 1. The van der Waals surface area contributed by atoms with E-state index in [1.54, 1.807) is 0 Å². The third-order valence-corrected chi connectivity index (χ3v) is 1.52. The van der Waals surface area contributed by atoms with Crippen LogP contribution in [0.5, 0.6) is 0 Å². The highest BCUT2D eigenvalue weighted by Gasteiger charge is 2.13. The molecule has 4 N–H and O–H groups in total. The maximum Gasteiger partial charge on any atom is 0.320 e. The van der Waals surface area contributed by atoms with Gasteiger partial charge < -0.3 is 15.8 Å². The molecule has 6 nitrogen and oxygen atoms in total. The molecular formula is C7H9N3O3. The molecule has 0 saturated carbocycles. The minimum atomic E-state index is -1.08. The van der Waals surface area contributed by atoms with Crippen molar-refractivity contribution >= 4 is 12.3 Å². The van der Waals surface area contributed by atoms with Crippen LogP contribution in [0.1, 0.15) is 16.3 Å². The molecule has 0 aliphatic rings. The van der Waals surface area contributed by atoms with Crippen molar-refractivity contribution in [1.82, 2.24) is 9.97 Å². The maximum absolute atomic E-state index is 10.4. The number of aromatic amines is 1. The molecule has 0 radical (unpaired) electrons. The van der Waals surface area contributed by atoms with Crippen LogP contribution in [0.25, 0.3) is 0 Å². The highest BCUT2D eigenvalue weighted by atomic mass is 16.4. The van der Waals surface area contributed by atoms with Gasteiger partial charge in [-0.3, -0.25) is 9.59 Å². The van der Waals surface area contributed by atoms with Crippen molar-refractivity contribution in [2.24, 2.45) is 5.73 Å². The quantitative estimate of drug-likeness (QED) is 0.528. The summed E-state index contributed by atoms with van der Waals surface area (Å²) in [6, 6.07) is -0.972. The number of carboxylic acids is 1. The first kappa shape index (κ1) is 9.40. The molecule has 0 saturated heterocycles. The van der Waals surface area contributed by atoms with Crippen molar-refractivity contribution in [3.05, 3.63) is 17.7 Å². The van der Waals surface area contributed by atoms with Gasteiger partial charge >= 0.3 is 5.97 Å². The van der Waals surface area contributed by atoms with Crippen LogP contribution in [-0.2, 0) is 11.2 Å². The van der Waals surface area contributed by atoms with Gasteiger partial charge in [-0.25, -0.2) is 4.98 Å². The van der Waals surface area contributed by atoms with Crippen LogP contribution >= 0.6 is 0 Å². The Hall–Kier alpha value is -1.69. The third kappa shape index (κ3) is 2.38. The van der Waals surface area contributed by atoms with Crippen LogP contribution in [0, 0.1) is 0 Å². The van der Waals surface area contributed by atoms with E-state index >= 15 is 0 Å². The van der Waals surface area contributed by atoms with E-state index in [0.717, 1.165) is 0 Å². The van der Waals surface area contributed by atoms with Crippen LogP contribution in [0.4, 0.5) is 0 Å². The van der Waals surface area contributed by atoms with E-state index in [1.807, 2.05) is 0 Å². The molecular weight excluding hydrogens is 174 g/mol. The van der Waals surface area contributed by atoms with Gasteiger partial charge in [0.25, 0.3) is 0 Å². The van der Waals surface area contributed by atoms with Crippen LogP contribution in [0.15, 0.2) is 6.20 Å². The molecule has 0 aromatic carbocycles. The number of aliphatic carboxylic acids is 1. The van der Waals surface area contributed by atoms with Gasteiger partial charge in [0.1, 0.15) is 6.04 Å². The molecule has 1 aromatic heterocycles. The number of aldehydes is 1. The molecule has 0 spiro atoms. The Kier molecular flexibility index (Phi) is 2.76. The Balaban J connectivity index is 2.63. The van der Waals surface area contributed by atoms with Crippen molar-refractivity contribution in [2.75, 3.05) is 0 Å². The number of carbonyl (C=O) groups is 2. The number of H-pyrrole nitrogens is 1. The molecule has 0 fully saturated rings. The van der Waals surface area contributed by atoms with Gasteiger partial charge in [0.2, 0.25) is 0 Å². The van der Waals surface area contributed by atoms with Crippen molar-refractivity contribution in [1.29, 1.82) is 0 Å². The molecule has 1 atom stereocenters. The summed E-state index contributed by atoms with van der Waals surface area (Å²) in [6.45, 7) is 0. The van der Waals surface area contributed by atoms with Crippen LogP contribution in [0.3, 0.4) is 0 Å². The van der Waals surface area contributed by atoms with Gasteiger partial charge in [-0.15, -0.1) is 0 Å². The SMILES string of the molecule is N[C@@H](Cc1cnc(C=O)[nH]1)C(=O)O. The lowest BCUT2D eigenvalue weighted by atomic mass is 10.2. The fourth-order valence-corrected chi connectivity index (χ4v) is 0.864. The first-order valence-corrected chi connectivity index (χ1v) is 3.61. The Morgan fingerprint density at radius 2 is 2.54 bits per heavy atom. The molecule has 0 bridgehead atoms. The zero-order chi connectivity index (χ0) is 9.84. The lowest BCUT2D eigenvalue weighted by molar-refractivity contribution is -0.138. The maximum atomic E-state index is 10.4. The zero-order valence-corrected chi connectivity index (χ0v) is 6.73. The molecule has 0 amide bonds. The first-order chi connectivity index (χ1) is 6.13. The molecule has 1 aromatic rings. The Bertz CT molecular complexity index is 321. The lowest BCUT2D eigenvalue weighted by Crippen LogP contribution is -2.32. The number of hydrogen-bond donors (Lipinski definition) is 3. The standard InChI is InChI=1S/C7H9N3O3/c8-5(7(12)13)1-4-2-9-6(3-11)10-4/h2-3,5H,1,8H2,(H,9,10)(H,12,13)/t5-/m0/s1. The summed E-state index contributed by atoms with van der Waals surface area (Å²) in [7, 11) is 0. The van der Waals surface area contributed by atoms with E-state index < -0.39 is 12.0 Å². The number of nitrogens with zero attached hydrogens (tertiary/aromatic N) is 1. The topological polar surface area (TPSA) is 109 Å². The Morgan fingerprint density at radius 1 is 1.85 bits per heavy atom. The zero-order valence-electron chi connectivity index (χ0n) is 6.73. The van der Waals surface area contributed by atoms with Crippen molar-refractivity contribution in [3.8, 4) is 0 Å². The fraction of sp³-hybridized carbons (Fsp3) is 0.286. The van der Waals surface area contributed by atoms with Gasteiger partial charge in [-0.2, -0.15) is 0 Å². The summed E-state index contributed by atoms with van der Waals surface area (Å²) in [5.41, 5.74) is 5.80. The predicted molar refractivity (Wildman–Crippen MR) is 43.3 cm³/mol. The van der Waals surface area contributed by atoms with Crippen LogP contribution in [0.2, 0.25) is 0 Å². The molecule has 13 heavy (non-hydrogen) atoms. The largest absolute Gasteiger partial charge is 0.480 e. The van der Waals surface area contributed by atoms with Crippen molar-refractivity contribution < 1.29 is 14.7 Å². The second kappa shape index (κ2) is 3.81. The van der Waals surface area contributed by atoms with Crippen LogP contribution < -0.4 is 5.73 Å². The second-order valence-corrected chi connectivity index (χ2v) is 2.56. The van der Waals surface area contributed by atoms with E-state index in [4.69, 9.17) is 10.8 Å². The second-order valence-electron chi connectivity index (χ2n) is 2.56. The number of carbonyl (C=O) groups excluding carboxylic acids is 1. The number of aromatic nitrogens is 2. The monoisotopic (exact) mass is 183 g/mol. The molecule has 6 heteroatoms. The number of imidazole rings is 1. The van der Waals surface area contributed by atoms with E-state index in [2.05, 4.69) is 9.97 Å². The lowest BCUT2D eigenvalue weighted by Gasteiger charge is -2.02. The van der Waals surface area contributed by atoms with Crippen LogP contribution in [-0.4, -0.2) is 33.4 Å².